The van der Waals surface area contributed by atoms with Crippen LogP contribution in [0.3, 0.4) is 0 Å². The zero-order valence-corrected chi connectivity index (χ0v) is 71.7. The van der Waals surface area contributed by atoms with Crippen molar-refractivity contribution in [2.75, 3.05) is 0 Å². The number of hydrogen-bond donors (Lipinski definition) is 0. The molecule has 0 spiro atoms. The number of fused-ring (bicyclic) bond motifs is 4. The van der Waals surface area contributed by atoms with Gasteiger partial charge in [-0.3, -0.25) is 0 Å². The van der Waals surface area contributed by atoms with Crippen molar-refractivity contribution in [2.45, 2.75) is 433 Å². The van der Waals surface area contributed by atoms with Gasteiger partial charge in [-0.15, -0.1) is 0 Å². The number of hydrogen-bond acceptors (Lipinski definition) is 4. The Bertz CT molecular complexity index is 3240. The van der Waals surface area contributed by atoms with E-state index in [4.69, 9.17) is 0 Å². The molecule has 568 valence electrons. The van der Waals surface area contributed by atoms with Gasteiger partial charge in [0.2, 0.25) is 0 Å². The minimum Gasteiger partial charge on any atom is -0.0654 e. The van der Waals surface area contributed by atoms with Gasteiger partial charge in [0.05, 0.1) is 0 Å². The van der Waals surface area contributed by atoms with Gasteiger partial charge in [0, 0.05) is 0 Å². The Morgan fingerprint density at radius 2 is 0.634 bits per heavy atom. The maximum atomic E-state index is 16.0. The average molecular weight is 1550 g/mol. The van der Waals surface area contributed by atoms with E-state index < -0.39 is 0 Å². The molecule has 1 aliphatic carbocycles. The van der Waals surface area contributed by atoms with Gasteiger partial charge in [0.25, 0.3) is 0 Å². The molecule has 2 atom stereocenters. The fraction of sp³-hybridized carbons (Fsp3) is 0.742. The zero-order valence-electron chi connectivity index (χ0n) is 66.6. The van der Waals surface area contributed by atoms with Crippen LogP contribution in [0.1, 0.15) is 420 Å². The van der Waals surface area contributed by atoms with Crippen LogP contribution in [0.2, 0.25) is 0 Å². The van der Waals surface area contributed by atoms with Crippen molar-refractivity contribution in [3.05, 3.63) is 88.3 Å². The van der Waals surface area contributed by atoms with Crippen molar-refractivity contribution in [3.8, 4) is 40.4 Å². The average Bonchev–Trinajstić information content (AvgIpc) is 1.55. The number of nitrogens with zero attached hydrogens (tertiary/aromatic N) is 2. The van der Waals surface area contributed by atoms with Crippen LogP contribution in [-0.2, 0) is 18.5 Å². The zero-order chi connectivity index (χ0) is 71.5. The Kier molecular flexibility index (Phi) is 43.3. The summed E-state index contributed by atoms with van der Waals surface area (Å²) in [6.45, 7) is 20.0. The third-order valence-electron chi connectivity index (χ3n) is 23.5. The summed E-state index contributed by atoms with van der Waals surface area (Å²) in [7, 11) is 0. The first-order valence-corrected chi connectivity index (χ1v) is 48.9. The molecule has 2 unspecified atom stereocenters. The van der Waals surface area contributed by atoms with Crippen molar-refractivity contribution in [2.24, 2.45) is 11.8 Å². The summed E-state index contributed by atoms with van der Waals surface area (Å²) in [6.07, 6.45) is 75.0. The van der Waals surface area contributed by atoms with Gasteiger partial charge in [0.1, 0.15) is 0 Å². The molecule has 0 saturated carbocycles. The van der Waals surface area contributed by atoms with Crippen LogP contribution >= 0.6 is 22.7 Å². The normalized spacial score (nSPS) is 13.3. The molecule has 0 bridgehead atoms. The molecule has 101 heavy (non-hydrogen) atoms. The Hall–Kier alpha value is -2.44. The van der Waals surface area contributed by atoms with Crippen molar-refractivity contribution in [3.63, 3.8) is 0 Å². The molecular formula is C93H150N2O2S2Se2. The summed E-state index contributed by atoms with van der Waals surface area (Å²) in [4.78, 5) is 37.7. The van der Waals surface area contributed by atoms with Crippen molar-refractivity contribution in [1.82, 2.24) is 9.13 Å². The first-order chi connectivity index (χ1) is 49.6. The van der Waals surface area contributed by atoms with Gasteiger partial charge in [-0.2, -0.15) is 0 Å². The molecular weight excluding hydrogens is 1400 g/mol. The van der Waals surface area contributed by atoms with E-state index in [1.807, 2.05) is 0 Å². The third-order valence-corrected chi connectivity index (χ3v) is 31.0. The molecule has 6 aromatic heterocycles. The van der Waals surface area contributed by atoms with E-state index in [1.54, 1.807) is 9.75 Å². The number of unbranched alkanes of at least 4 members (excludes halogenated alkanes) is 40. The first kappa shape index (κ1) is 85.8. The van der Waals surface area contributed by atoms with E-state index in [-0.39, 0.29) is 45.5 Å². The molecule has 0 aliphatic heterocycles. The van der Waals surface area contributed by atoms with E-state index >= 15 is 9.59 Å². The first-order valence-electron chi connectivity index (χ1n) is 43.8. The Morgan fingerprint density at radius 3 is 1.00 bits per heavy atom. The summed E-state index contributed by atoms with van der Waals surface area (Å²) < 4.78 is 9.52. The SMILES string of the molecule is CCCCCCCCCCCCC(CCCCCCCCCC)CCCCn1c(=O)c(-c2ccc(C)[se]2)cc2c1cc(-c1ccc(-c3cc4c(s3)C(CCCCCC)(CCCCCC)c3sc(C)cc3-4)[se]1)c(=O)n2CCCCC(CCCCCCCCCC)CCCCCCCCCCCC. The summed E-state index contributed by atoms with van der Waals surface area (Å²) in [5.41, 5.74) is 7.05. The summed E-state index contributed by atoms with van der Waals surface area (Å²) in [5.74, 6) is 1.53. The predicted molar refractivity (Wildman–Crippen MR) is 454 cm³/mol. The van der Waals surface area contributed by atoms with Crippen LogP contribution in [0, 0.1) is 25.7 Å². The van der Waals surface area contributed by atoms with Crippen molar-refractivity contribution >= 4 is 62.7 Å². The van der Waals surface area contributed by atoms with Gasteiger partial charge in [-0.25, -0.2) is 0 Å². The number of aromatic nitrogens is 2. The van der Waals surface area contributed by atoms with E-state index in [1.165, 1.54) is 373 Å². The van der Waals surface area contributed by atoms with Crippen LogP contribution in [-0.4, -0.2) is 38.1 Å². The van der Waals surface area contributed by atoms with Crippen molar-refractivity contribution in [1.29, 1.82) is 0 Å². The number of thiophene rings is 2. The summed E-state index contributed by atoms with van der Waals surface area (Å²) >= 11 is 4.23. The number of aryl methyl sites for hydroxylation is 4. The summed E-state index contributed by atoms with van der Waals surface area (Å²) in [6, 6.07) is 18.7. The van der Waals surface area contributed by atoms with Gasteiger partial charge in [-0.1, -0.05) is 207 Å². The molecule has 8 heteroatoms. The molecule has 1 aliphatic rings. The second-order valence-electron chi connectivity index (χ2n) is 32.2. The van der Waals surface area contributed by atoms with E-state index in [2.05, 4.69) is 136 Å². The second kappa shape index (κ2) is 51.0. The molecule has 0 fully saturated rings. The van der Waals surface area contributed by atoms with Gasteiger partial charge in [0.15, 0.2) is 0 Å². The predicted octanol–water partition coefficient (Wildman–Crippen LogP) is 30.5. The molecule has 4 nitrogen and oxygen atoms in total. The fourth-order valence-corrected chi connectivity index (χ4v) is 24.2. The van der Waals surface area contributed by atoms with Gasteiger partial charge < -0.3 is 0 Å². The molecule has 7 rings (SSSR count). The Balaban J connectivity index is 1.19. The third kappa shape index (κ3) is 28.9. The van der Waals surface area contributed by atoms with E-state index in [9.17, 15) is 0 Å². The molecule has 0 saturated heterocycles. The second-order valence-corrected chi connectivity index (χ2v) is 39.5. The Morgan fingerprint density at radius 1 is 0.327 bits per heavy atom. The van der Waals surface area contributed by atoms with Crippen LogP contribution < -0.4 is 11.1 Å². The molecule has 0 amide bonds. The van der Waals surface area contributed by atoms with Gasteiger partial charge >= 0.3 is 438 Å². The van der Waals surface area contributed by atoms with Gasteiger partial charge in [-0.05, 0) is 0 Å². The molecule has 6 aromatic rings. The standard InChI is InChI=1S/C93H150N2O2S2Se2/c1-9-15-21-27-31-35-37-41-45-49-59-77(57-47-43-39-33-29-23-17-11-3)61-51-55-69-94-84-73-82(87-65-66-88(101-87)85-74-80-79-71-75(7)98-89(79)93(90(80)99-85,67-53-25-19-13-5)68-54-26-20-14-6)92(97)95(83(84)72-81(91(94)96)86-64-63-76(8)100-86)70-56-52-62-78(58-48-44-40-34-30-24-18-12-4)60-50-46-42-38-36-32-28-22-16-10-2/h63-66,71-74,77-78H,9-62,67-70H2,1-8H3. The molecule has 6 heterocycles. The minimum absolute atomic E-state index is 0.0529. The quantitative estimate of drug-likeness (QED) is 0.0282. The fourth-order valence-electron chi connectivity index (χ4n) is 17.3. The van der Waals surface area contributed by atoms with Crippen molar-refractivity contribution < 1.29 is 0 Å². The number of rotatable bonds is 63. The monoisotopic (exact) mass is 1550 g/mol. The van der Waals surface area contributed by atoms with E-state index in [0.717, 1.165) is 59.7 Å². The maximum absolute atomic E-state index is 16.0. The minimum atomic E-state index is -0.0529. The Labute approximate surface area is 640 Å². The molecule has 0 radical (unpaired) electrons. The van der Waals surface area contributed by atoms with Crippen LogP contribution in [0.5, 0.6) is 0 Å². The molecule has 0 aromatic carbocycles. The molecule has 0 N–H and O–H groups in total. The smallest absolute Gasteiger partial charge is 0.0654 e. The van der Waals surface area contributed by atoms with Crippen LogP contribution in [0.4, 0.5) is 0 Å². The van der Waals surface area contributed by atoms with Crippen LogP contribution in [0.15, 0.2) is 58.1 Å². The van der Waals surface area contributed by atoms with E-state index in [0.29, 0.717) is 13.1 Å². The van der Waals surface area contributed by atoms with Crippen LogP contribution in [0.25, 0.3) is 51.5 Å². The topological polar surface area (TPSA) is 44.0 Å². The number of pyridine rings is 2. The summed E-state index contributed by atoms with van der Waals surface area (Å²) in [5, 5.41) is 0.